The number of rotatable bonds is 9. The quantitative estimate of drug-likeness (QED) is 0.509. The van der Waals surface area contributed by atoms with E-state index in [2.05, 4.69) is 9.80 Å². The van der Waals surface area contributed by atoms with Gasteiger partial charge in [0.2, 0.25) is 0 Å². The number of benzene rings is 2. The lowest BCUT2D eigenvalue weighted by molar-refractivity contribution is 0.0609. The number of likely N-dealkylation sites (tertiary alicyclic amines) is 1. The summed E-state index contributed by atoms with van der Waals surface area (Å²) in [6.45, 7) is 8.04. The molecular weight excluding hydrogens is 474 g/mol. The number of ether oxygens (including phenoxy) is 1. The number of carbonyl (C=O) groups excluding carboxylic acids is 1. The first-order valence-electron chi connectivity index (χ1n) is 13.1. The normalized spacial score (nSPS) is 19.8. The summed E-state index contributed by atoms with van der Waals surface area (Å²) in [6.07, 6.45) is 5.58. The van der Waals surface area contributed by atoms with Crippen LogP contribution < -0.4 is 0 Å². The SMILES string of the molecule is CS(=O)(=O)c1ccc(CCCN2CCCC(CN3CCN(C(=O)OCc4ccccc4)CC3)C2)cc1. The topological polar surface area (TPSA) is 70.2 Å². The zero-order chi connectivity index (χ0) is 25.4. The van der Waals surface area contributed by atoms with Crippen LogP contribution in [0.5, 0.6) is 0 Å². The van der Waals surface area contributed by atoms with Gasteiger partial charge in [-0.2, -0.15) is 0 Å². The fourth-order valence-corrected chi connectivity index (χ4v) is 5.83. The Morgan fingerprint density at radius 2 is 1.64 bits per heavy atom. The predicted octanol–water partition coefficient (Wildman–Crippen LogP) is 3.69. The summed E-state index contributed by atoms with van der Waals surface area (Å²) >= 11 is 0. The van der Waals surface area contributed by atoms with E-state index in [-0.39, 0.29) is 6.09 Å². The molecule has 2 heterocycles. The van der Waals surface area contributed by atoms with Crippen LogP contribution in [0.15, 0.2) is 59.5 Å². The lowest BCUT2D eigenvalue weighted by Gasteiger charge is -2.39. The maximum Gasteiger partial charge on any atom is 0.410 e. The molecule has 4 rings (SSSR count). The molecule has 0 aliphatic carbocycles. The third-order valence-corrected chi connectivity index (χ3v) is 8.37. The van der Waals surface area contributed by atoms with Gasteiger partial charge in [0.25, 0.3) is 0 Å². The Labute approximate surface area is 215 Å². The van der Waals surface area contributed by atoms with Crippen molar-refractivity contribution in [2.75, 3.05) is 58.6 Å². The Morgan fingerprint density at radius 3 is 2.33 bits per heavy atom. The monoisotopic (exact) mass is 513 g/mol. The first-order valence-corrected chi connectivity index (χ1v) is 15.0. The summed E-state index contributed by atoms with van der Waals surface area (Å²) < 4.78 is 28.7. The average Bonchev–Trinajstić information content (AvgIpc) is 2.88. The number of hydrogen-bond acceptors (Lipinski definition) is 6. The zero-order valence-corrected chi connectivity index (χ0v) is 22.2. The maximum absolute atomic E-state index is 12.4. The smallest absolute Gasteiger partial charge is 0.410 e. The van der Waals surface area contributed by atoms with E-state index >= 15 is 0 Å². The standard InChI is InChI=1S/C28H39N3O4S/c1-36(33,34)27-13-11-24(12-14-27)9-5-15-29-16-6-10-26(21-29)22-30-17-19-31(20-18-30)28(32)35-23-25-7-3-2-4-8-25/h2-4,7-8,11-14,26H,5-6,9-10,15-23H2,1H3. The predicted molar refractivity (Wildman–Crippen MR) is 142 cm³/mol. The molecule has 2 aromatic rings. The summed E-state index contributed by atoms with van der Waals surface area (Å²) in [5.41, 5.74) is 2.20. The molecule has 1 amide bonds. The molecule has 0 bridgehead atoms. The third kappa shape index (κ3) is 8.05. The summed E-state index contributed by atoms with van der Waals surface area (Å²) in [6, 6.07) is 17.1. The molecule has 8 heteroatoms. The minimum absolute atomic E-state index is 0.215. The Kier molecular flexibility index (Phi) is 9.40. The van der Waals surface area contributed by atoms with E-state index in [0.29, 0.717) is 17.4 Å². The van der Waals surface area contributed by atoms with Crippen molar-refractivity contribution in [3.63, 3.8) is 0 Å². The van der Waals surface area contributed by atoms with Gasteiger partial charge in [0, 0.05) is 45.5 Å². The number of nitrogens with zero attached hydrogens (tertiary/aromatic N) is 3. The number of aryl methyl sites for hydroxylation is 1. The second-order valence-corrected chi connectivity index (χ2v) is 12.2. The number of amides is 1. The average molecular weight is 514 g/mol. The Bertz CT molecular complexity index is 1070. The van der Waals surface area contributed by atoms with Crippen molar-refractivity contribution in [2.24, 2.45) is 5.92 Å². The Morgan fingerprint density at radius 1 is 0.917 bits per heavy atom. The number of hydrogen-bond donors (Lipinski definition) is 0. The molecule has 7 nitrogen and oxygen atoms in total. The van der Waals surface area contributed by atoms with Crippen LogP contribution in [0.4, 0.5) is 4.79 Å². The van der Waals surface area contributed by atoms with Crippen molar-refractivity contribution in [1.82, 2.24) is 14.7 Å². The van der Waals surface area contributed by atoms with Crippen molar-refractivity contribution >= 4 is 15.9 Å². The minimum atomic E-state index is -3.13. The fraction of sp³-hybridized carbons (Fsp3) is 0.536. The second-order valence-electron chi connectivity index (χ2n) is 10.2. The van der Waals surface area contributed by atoms with Gasteiger partial charge >= 0.3 is 6.09 Å². The van der Waals surface area contributed by atoms with Crippen LogP contribution in [0.2, 0.25) is 0 Å². The molecule has 1 unspecified atom stereocenters. The van der Waals surface area contributed by atoms with Gasteiger partial charge in [-0.3, -0.25) is 4.90 Å². The van der Waals surface area contributed by atoms with E-state index in [0.717, 1.165) is 70.8 Å². The van der Waals surface area contributed by atoms with Crippen molar-refractivity contribution in [1.29, 1.82) is 0 Å². The van der Waals surface area contributed by atoms with Crippen LogP contribution in [-0.2, 0) is 27.6 Å². The van der Waals surface area contributed by atoms with Gasteiger partial charge in [0.05, 0.1) is 4.90 Å². The minimum Gasteiger partial charge on any atom is -0.445 e. The van der Waals surface area contributed by atoms with Crippen LogP contribution in [0.25, 0.3) is 0 Å². The second kappa shape index (κ2) is 12.7. The van der Waals surface area contributed by atoms with E-state index in [1.165, 1.54) is 24.7 Å². The largest absolute Gasteiger partial charge is 0.445 e. The van der Waals surface area contributed by atoms with Crippen LogP contribution >= 0.6 is 0 Å². The molecule has 2 aliphatic heterocycles. The van der Waals surface area contributed by atoms with Gasteiger partial charge in [-0.15, -0.1) is 0 Å². The summed E-state index contributed by atoms with van der Waals surface area (Å²) in [7, 11) is -3.13. The lowest BCUT2D eigenvalue weighted by atomic mass is 9.96. The van der Waals surface area contributed by atoms with E-state index in [1.807, 2.05) is 47.4 Å². The van der Waals surface area contributed by atoms with Gasteiger partial charge in [-0.25, -0.2) is 13.2 Å². The van der Waals surface area contributed by atoms with Crippen LogP contribution in [0, 0.1) is 5.92 Å². The van der Waals surface area contributed by atoms with E-state index in [1.54, 1.807) is 12.1 Å². The van der Waals surface area contributed by atoms with Gasteiger partial charge in [0.1, 0.15) is 6.61 Å². The Balaban J connectivity index is 1.13. The fourth-order valence-electron chi connectivity index (χ4n) is 5.20. The van der Waals surface area contributed by atoms with Crippen LogP contribution in [-0.4, -0.2) is 87.8 Å². The molecule has 0 aromatic heterocycles. The highest BCUT2D eigenvalue weighted by atomic mass is 32.2. The number of carbonyl (C=O) groups is 1. The summed E-state index contributed by atoms with van der Waals surface area (Å²) in [4.78, 5) is 19.7. The molecule has 1 atom stereocenters. The molecule has 2 aromatic carbocycles. The van der Waals surface area contributed by atoms with E-state index in [9.17, 15) is 13.2 Å². The van der Waals surface area contributed by atoms with E-state index < -0.39 is 9.84 Å². The number of piperidine rings is 1. The van der Waals surface area contributed by atoms with Crippen molar-refractivity contribution in [2.45, 2.75) is 37.2 Å². The van der Waals surface area contributed by atoms with Crippen molar-refractivity contribution in [3.8, 4) is 0 Å². The maximum atomic E-state index is 12.4. The van der Waals surface area contributed by atoms with Crippen LogP contribution in [0.1, 0.15) is 30.4 Å². The summed E-state index contributed by atoms with van der Waals surface area (Å²) in [5, 5.41) is 0. The molecule has 0 spiro atoms. The van der Waals surface area contributed by atoms with Gasteiger partial charge < -0.3 is 14.5 Å². The number of piperazine rings is 1. The molecule has 0 saturated carbocycles. The highest BCUT2D eigenvalue weighted by molar-refractivity contribution is 7.90. The van der Waals surface area contributed by atoms with Gasteiger partial charge in [-0.05, 0) is 68.0 Å². The molecule has 2 aliphatic rings. The molecule has 2 saturated heterocycles. The molecule has 196 valence electrons. The van der Waals surface area contributed by atoms with Crippen LogP contribution in [0.3, 0.4) is 0 Å². The van der Waals surface area contributed by atoms with Gasteiger partial charge in [-0.1, -0.05) is 42.5 Å². The number of sulfone groups is 1. The molecule has 36 heavy (non-hydrogen) atoms. The molecule has 0 N–H and O–H groups in total. The molecule has 0 radical (unpaired) electrons. The highest BCUT2D eigenvalue weighted by Crippen LogP contribution is 2.20. The van der Waals surface area contributed by atoms with Crippen molar-refractivity contribution in [3.05, 3.63) is 65.7 Å². The lowest BCUT2D eigenvalue weighted by Crippen LogP contribution is -2.51. The van der Waals surface area contributed by atoms with Crippen molar-refractivity contribution < 1.29 is 17.9 Å². The molecular formula is C28H39N3O4S. The third-order valence-electron chi connectivity index (χ3n) is 7.25. The van der Waals surface area contributed by atoms with E-state index in [4.69, 9.17) is 4.74 Å². The molecule has 2 fully saturated rings. The van der Waals surface area contributed by atoms with Gasteiger partial charge in [0.15, 0.2) is 9.84 Å². The first-order chi connectivity index (χ1) is 17.4. The highest BCUT2D eigenvalue weighted by Gasteiger charge is 2.26. The first kappa shape index (κ1) is 26.6. The summed E-state index contributed by atoms with van der Waals surface area (Å²) in [5.74, 6) is 0.671. The zero-order valence-electron chi connectivity index (χ0n) is 21.3. The Hall–Kier alpha value is -2.42.